The average Bonchev–Trinajstić information content (AvgIpc) is 2.41. The minimum absolute atomic E-state index is 0.117. The van der Waals surface area contributed by atoms with Crippen molar-refractivity contribution >= 4 is 11.8 Å². The number of nitrogens with one attached hydrogen (secondary N) is 1. The summed E-state index contributed by atoms with van der Waals surface area (Å²) in [6.07, 6.45) is 0.313. The van der Waals surface area contributed by atoms with Crippen LogP contribution in [0.2, 0.25) is 0 Å². The van der Waals surface area contributed by atoms with Gasteiger partial charge in [0.25, 0.3) is 0 Å². The number of imide groups is 1. The maximum Gasteiger partial charge on any atom is 0.230 e. The second-order valence-corrected chi connectivity index (χ2v) is 3.36. The van der Waals surface area contributed by atoms with E-state index in [1.807, 2.05) is 13.8 Å². The van der Waals surface area contributed by atoms with Crippen molar-refractivity contribution in [2.75, 3.05) is 13.2 Å². The summed E-state index contributed by atoms with van der Waals surface area (Å²) in [5.74, 6) is -0.402. The van der Waals surface area contributed by atoms with Gasteiger partial charge in [-0.2, -0.15) is 0 Å². The fourth-order valence-corrected chi connectivity index (χ4v) is 1.45. The summed E-state index contributed by atoms with van der Waals surface area (Å²) in [6.45, 7) is 5.03. The quantitative estimate of drug-likeness (QED) is 0.642. The van der Waals surface area contributed by atoms with Crippen LogP contribution in [0.4, 0.5) is 0 Å². The molecule has 0 bridgehead atoms. The van der Waals surface area contributed by atoms with Gasteiger partial charge in [0.15, 0.2) is 0 Å². The van der Waals surface area contributed by atoms with Crippen molar-refractivity contribution in [3.05, 3.63) is 0 Å². The van der Waals surface area contributed by atoms with E-state index in [0.29, 0.717) is 19.6 Å². The minimum Gasteiger partial charge on any atom is -0.381 e. The van der Waals surface area contributed by atoms with Crippen LogP contribution in [-0.4, -0.2) is 25.0 Å². The van der Waals surface area contributed by atoms with Crippen LogP contribution in [-0.2, 0) is 14.3 Å². The van der Waals surface area contributed by atoms with Crippen LogP contribution in [0.3, 0.4) is 0 Å². The Labute approximate surface area is 77.6 Å². The molecule has 0 aromatic carbocycles. The van der Waals surface area contributed by atoms with Gasteiger partial charge in [0, 0.05) is 19.6 Å². The Morgan fingerprint density at radius 1 is 1.62 bits per heavy atom. The normalized spacial score (nSPS) is 24.6. The second kappa shape index (κ2) is 4.37. The lowest BCUT2D eigenvalue weighted by molar-refractivity contribution is -0.126. The van der Waals surface area contributed by atoms with Gasteiger partial charge in [-0.05, 0) is 12.8 Å². The van der Waals surface area contributed by atoms with E-state index in [2.05, 4.69) is 5.32 Å². The number of rotatable bonds is 4. The van der Waals surface area contributed by atoms with Crippen LogP contribution in [0.1, 0.15) is 20.3 Å². The fourth-order valence-electron chi connectivity index (χ4n) is 1.45. The average molecular weight is 185 g/mol. The summed E-state index contributed by atoms with van der Waals surface area (Å²) in [7, 11) is 0. The molecule has 1 N–H and O–H groups in total. The van der Waals surface area contributed by atoms with Crippen molar-refractivity contribution in [1.29, 1.82) is 0 Å². The molecule has 74 valence electrons. The van der Waals surface area contributed by atoms with Crippen molar-refractivity contribution in [3.63, 3.8) is 0 Å². The summed E-state index contributed by atoms with van der Waals surface area (Å²) < 4.78 is 5.20. The highest BCUT2D eigenvalue weighted by Gasteiger charge is 2.34. The first-order valence-electron chi connectivity index (χ1n) is 4.56. The van der Waals surface area contributed by atoms with E-state index in [-0.39, 0.29) is 23.7 Å². The first-order valence-corrected chi connectivity index (χ1v) is 4.56. The largest absolute Gasteiger partial charge is 0.381 e. The molecule has 1 fully saturated rings. The molecule has 4 heteroatoms. The lowest BCUT2D eigenvalue weighted by Crippen LogP contribution is -2.27. The molecule has 0 radical (unpaired) electrons. The highest BCUT2D eigenvalue weighted by Crippen LogP contribution is 2.20. The molecule has 1 aliphatic heterocycles. The topological polar surface area (TPSA) is 55.4 Å². The molecule has 0 aromatic heterocycles. The van der Waals surface area contributed by atoms with Crippen molar-refractivity contribution in [3.8, 4) is 0 Å². The number of carbonyl (C=O) groups is 2. The predicted octanol–water partition coefficient (Wildman–Crippen LogP) is 0.322. The summed E-state index contributed by atoms with van der Waals surface area (Å²) in [5.41, 5.74) is 0. The van der Waals surface area contributed by atoms with E-state index < -0.39 is 0 Å². The third-order valence-electron chi connectivity index (χ3n) is 2.28. The number of carbonyl (C=O) groups excluding carboxylic acids is 2. The molecule has 1 rings (SSSR count). The van der Waals surface area contributed by atoms with Gasteiger partial charge in [-0.25, -0.2) is 0 Å². The molecule has 2 atom stereocenters. The highest BCUT2D eigenvalue weighted by atomic mass is 16.5. The maximum absolute atomic E-state index is 11.2. The molecule has 0 aromatic rings. The van der Waals surface area contributed by atoms with Crippen LogP contribution < -0.4 is 5.32 Å². The van der Waals surface area contributed by atoms with Crippen LogP contribution in [0.15, 0.2) is 0 Å². The smallest absolute Gasteiger partial charge is 0.230 e. The fraction of sp³-hybridized carbons (Fsp3) is 0.778. The van der Waals surface area contributed by atoms with Crippen LogP contribution >= 0.6 is 0 Å². The Bertz CT molecular complexity index is 215. The first-order chi connectivity index (χ1) is 6.15. The van der Waals surface area contributed by atoms with Gasteiger partial charge in [0.1, 0.15) is 0 Å². The van der Waals surface area contributed by atoms with E-state index in [0.717, 1.165) is 0 Å². The number of hydrogen-bond acceptors (Lipinski definition) is 3. The zero-order valence-electron chi connectivity index (χ0n) is 8.00. The van der Waals surface area contributed by atoms with Crippen molar-refractivity contribution in [2.24, 2.45) is 11.8 Å². The van der Waals surface area contributed by atoms with Crippen molar-refractivity contribution < 1.29 is 14.3 Å². The Morgan fingerprint density at radius 3 is 2.77 bits per heavy atom. The zero-order valence-corrected chi connectivity index (χ0v) is 8.00. The van der Waals surface area contributed by atoms with Gasteiger partial charge in [0.05, 0.1) is 5.92 Å². The molecule has 1 saturated heterocycles. The van der Waals surface area contributed by atoms with Crippen molar-refractivity contribution in [1.82, 2.24) is 5.32 Å². The third kappa shape index (κ3) is 2.52. The summed E-state index contributed by atoms with van der Waals surface area (Å²) >= 11 is 0. The third-order valence-corrected chi connectivity index (χ3v) is 2.28. The maximum atomic E-state index is 11.2. The molecule has 4 nitrogen and oxygen atoms in total. The van der Waals surface area contributed by atoms with E-state index in [1.54, 1.807) is 0 Å². The molecule has 0 spiro atoms. The van der Waals surface area contributed by atoms with Crippen LogP contribution in [0.25, 0.3) is 0 Å². The molecular weight excluding hydrogens is 170 g/mol. The summed E-state index contributed by atoms with van der Waals surface area (Å²) in [5, 5.41) is 2.29. The molecule has 0 aliphatic carbocycles. The second-order valence-electron chi connectivity index (χ2n) is 3.36. The minimum atomic E-state index is -0.195. The highest BCUT2D eigenvalue weighted by molar-refractivity contribution is 6.03. The predicted molar refractivity (Wildman–Crippen MR) is 46.9 cm³/mol. The van der Waals surface area contributed by atoms with E-state index in [4.69, 9.17) is 4.74 Å². The molecule has 0 saturated carbocycles. The van der Waals surface area contributed by atoms with E-state index in [9.17, 15) is 9.59 Å². The number of ether oxygens (including phenoxy) is 1. The van der Waals surface area contributed by atoms with Gasteiger partial charge in [-0.1, -0.05) is 6.92 Å². The van der Waals surface area contributed by atoms with Gasteiger partial charge < -0.3 is 4.74 Å². The molecular formula is C9H15NO3. The Kier molecular flexibility index (Phi) is 3.42. The van der Waals surface area contributed by atoms with Crippen LogP contribution in [0.5, 0.6) is 0 Å². The molecule has 2 amide bonds. The monoisotopic (exact) mass is 185 g/mol. The van der Waals surface area contributed by atoms with E-state index >= 15 is 0 Å². The van der Waals surface area contributed by atoms with Crippen LogP contribution in [0, 0.1) is 11.8 Å². The van der Waals surface area contributed by atoms with Crippen molar-refractivity contribution in [2.45, 2.75) is 20.3 Å². The van der Waals surface area contributed by atoms with Gasteiger partial charge in [-0.15, -0.1) is 0 Å². The van der Waals surface area contributed by atoms with Gasteiger partial charge >= 0.3 is 0 Å². The molecule has 13 heavy (non-hydrogen) atoms. The molecule has 1 aliphatic rings. The Hall–Kier alpha value is -0.900. The van der Waals surface area contributed by atoms with E-state index in [1.165, 1.54) is 0 Å². The summed E-state index contributed by atoms with van der Waals surface area (Å²) in [6, 6.07) is 0. The molecule has 2 unspecified atom stereocenters. The summed E-state index contributed by atoms with van der Waals surface area (Å²) in [4.78, 5) is 22.1. The Balaban J connectivity index is 2.42. The first kappa shape index (κ1) is 10.2. The SMILES string of the molecule is CCOCC(C)C1CC(=O)NC1=O. The Morgan fingerprint density at radius 2 is 2.31 bits per heavy atom. The van der Waals surface area contributed by atoms with Gasteiger partial charge in [-0.3, -0.25) is 14.9 Å². The standard InChI is InChI=1S/C9H15NO3/c1-3-13-5-6(2)7-4-8(11)10-9(7)12/h6-7H,3-5H2,1-2H3,(H,10,11,12). The lowest BCUT2D eigenvalue weighted by atomic mass is 9.93. The number of hydrogen-bond donors (Lipinski definition) is 1. The zero-order chi connectivity index (χ0) is 9.84. The lowest BCUT2D eigenvalue weighted by Gasteiger charge is -2.15. The molecule has 1 heterocycles. The van der Waals surface area contributed by atoms with Gasteiger partial charge in [0.2, 0.25) is 11.8 Å². The number of amides is 2.